The van der Waals surface area contributed by atoms with Crippen molar-refractivity contribution in [2.75, 3.05) is 6.61 Å². The van der Waals surface area contributed by atoms with Crippen molar-refractivity contribution in [1.82, 2.24) is 14.8 Å². The highest BCUT2D eigenvalue weighted by atomic mass is 79.9. The van der Waals surface area contributed by atoms with Crippen molar-refractivity contribution in [3.05, 3.63) is 11.6 Å². The van der Waals surface area contributed by atoms with Gasteiger partial charge in [-0.15, -0.1) is 10.2 Å². The molecule has 1 unspecified atom stereocenters. The monoisotopic (exact) mass is 273 g/mol. The lowest BCUT2D eigenvalue weighted by Gasteiger charge is -2.21. The summed E-state index contributed by atoms with van der Waals surface area (Å²) in [5.74, 6) is 2.00. The van der Waals surface area contributed by atoms with Gasteiger partial charge in [-0.2, -0.15) is 0 Å². The summed E-state index contributed by atoms with van der Waals surface area (Å²) in [5.41, 5.74) is 0. The fraction of sp³-hybridized carbons (Fsp3) is 0.800. The van der Waals surface area contributed by atoms with E-state index in [1.54, 1.807) is 0 Å². The van der Waals surface area contributed by atoms with Gasteiger partial charge in [0.25, 0.3) is 0 Å². The van der Waals surface area contributed by atoms with Crippen LogP contribution < -0.4 is 0 Å². The van der Waals surface area contributed by atoms with Gasteiger partial charge in [0.05, 0.1) is 11.4 Å². The van der Waals surface area contributed by atoms with Crippen molar-refractivity contribution in [2.24, 2.45) is 7.05 Å². The highest BCUT2D eigenvalue weighted by Gasteiger charge is 2.17. The van der Waals surface area contributed by atoms with Crippen molar-refractivity contribution in [1.29, 1.82) is 0 Å². The number of hydrogen-bond acceptors (Lipinski definition) is 3. The fourth-order valence-corrected chi connectivity index (χ4v) is 2.35. The summed E-state index contributed by atoms with van der Waals surface area (Å²) in [6.45, 7) is 0.897. The van der Waals surface area contributed by atoms with E-state index < -0.39 is 0 Å². The molecule has 4 nitrogen and oxygen atoms in total. The van der Waals surface area contributed by atoms with E-state index in [1.165, 1.54) is 12.8 Å². The Morgan fingerprint density at radius 1 is 1.40 bits per heavy atom. The van der Waals surface area contributed by atoms with Crippen molar-refractivity contribution in [2.45, 2.75) is 37.1 Å². The number of alkyl halides is 1. The fourth-order valence-electron chi connectivity index (χ4n) is 1.86. The topological polar surface area (TPSA) is 39.9 Å². The van der Waals surface area contributed by atoms with Crippen LogP contribution in [0.4, 0.5) is 0 Å². The molecule has 0 aliphatic carbocycles. The third-order valence-corrected chi connectivity index (χ3v) is 3.36. The smallest absolute Gasteiger partial charge is 0.143 e. The molecule has 0 bridgehead atoms. The maximum Gasteiger partial charge on any atom is 0.143 e. The van der Waals surface area contributed by atoms with Gasteiger partial charge in [0, 0.05) is 20.1 Å². The molecule has 5 heteroatoms. The Labute approximate surface area is 98.2 Å². The molecule has 0 amide bonds. The minimum atomic E-state index is 0.338. The van der Waals surface area contributed by atoms with Gasteiger partial charge in [0.1, 0.15) is 11.6 Å². The summed E-state index contributed by atoms with van der Waals surface area (Å²) in [5, 5.41) is 9.05. The van der Waals surface area contributed by atoms with Crippen LogP contribution in [0.1, 0.15) is 30.9 Å². The average molecular weight is 274 g/mol. The quantitative estimate of drug-likeness (QED) is 0.789. The van der Waals surface area contributed by atoms with Crippen LogP contribution in [0, 0.1) is 0 Å². The minimum Gasteiger partial charge on any atom is -0.378 e. The van der Waals surface area contributed by atoms with Gasteiger partial charge < -0.3 is 9.30 Å². The molecule has 1 aromatic rings. The van der Waals surface area contributed by atoms with E-state index in [2.05, 4.69) is 26.1 Å². The molecule has 2 heterocycles. The molecule has 84 valence electrons. The van der Waals surface area contributed by atoms with Crippen molar-refractivity contribution in [3.8, 4) is 0 Å². The molecular weight excluding hydrogens is 258 g/mol. The van der Waals surface area contributed by atoms with E-state index >= 15 is 0 Å². The van der Waals surface area contributed by atoms with Gasteiger partial charge in [0.15, 0.2) is 0 Å². The molecule has 1 atom stereocenters. The molecule has 1 fully saturated rings. The summed E-state index contributed by atoms with van der Waals surface area (Å²) >= 11 is 3.39. The predicted octanol–water partition coefficient (Wildman–Crippen LogP) is 1.82. The molecule has 0 spiro atoms. The van der Waals surface area contributed by atoms with Crippen LogP contribution in [0.15, 0.2) is 0 Å². The van der Waals surface area contributed by atoms with Crippen LogP contribution in [0.2, 0.25) is 0 Å². The molecule has 0 N–H and O–H groups in total. The minimum absolute atomic E-state index is 0.338. The zero-order valence-electron chi connectivity index (χ0n) is 8.95. The number of hydrogen-bond donors (Lipinski definition) is 0. The first-order valence-corrected chi connectivity index (χ1v) is 6.48. The van der Waals surface area contributed by atoms with E-state index in [4.69, 9.17) is 4.74 Å². The SMILES string of the molecule is Cn1c(CBr)nnc1CC1CCCCO1. The molecule has 1 aromatic heterocycles. The summed E-state index contributed by atoms with van der Waals surface area (Å²) in [4.78, 5) is 0. The Morgan fingerprint density at radius 2 is 2.20 bits per heavy atom. The molecule has 1 aliphatic heterocycles. The Morgan fingerprint density at radius 3 is 2.80 bits per heavy atom. The summed E-state index contributed by atoms with van der Waals surface area (Å²) in [6, 6.07) is 0. The van der Waals surface area contributed by atoms with Crippen LogP contribution in [0.3, 0.4) is 0 Å². The van der Waals surface area contributed by atoms with Gasteiger partial charge in [-0.1, -0.05) is 15.9 Å². The second-order valence-corrected chi connectivity index (χ2v) is 4.48. The summed E-state index contributed by atoms with van der Waals surface area (Å²) < 4.78 is 7.74. The molecule has 0 aromatic carbocycles. The molecule has 2 rings (SSSR count). The van der Waals surface area contributed by atoms with Crippen LogP contribution in [0.25, 0.3) is 0 Å². The number of ether oxygens (including phenoxy) is 1. The predicted molar refractivity (Wildman–Crippen MR) is 60.9 cm³/mol. The lowest BCUT2D eigenvalue weighted by molar-refractivity contribution is 0.0152. The lowest BCUT2D eigenvalue weighted by atomic mass is 10.1. The number of rotatable bonds is 3. The number of aromatic nitrogens is 3. The summed E-state index contributed by atoms with van der Waals surface area (Å²) in [7, 11) is 2.01. The first-order chi connectivity index (χ1) is 7.31. The summed E-state index contributed by atoms with van der Waals surface area (Å²) in [6.07, 6.45) is 4.84. The standard InChI is InChI=1S/C10H16BrN3O/c1-14-9(12-13-10(14)7-11)6-8-4-2-3-5-15-8/h8H,2-7H2,1H3. The lowest BCUT2D eigenvalue weighted by Crippen LogP contribution is -2.23. The highest BCUT2D eigenvalue weighted by molar-refractivity contribution is 9.08. The zero-order valence-corrected chi connectivity index (χ0v) is 10.5. The van der Waals surface area contributed by atoms with E-state index in [9.17, 15) is 0 Å². The van der Waals surface area contributed by atoms with Crippen molar-refractivity contribution in [3.63, 3.8) is 0 Å². The number of nitrogens with zero attached hydrogens (tertiary/aromatic N) is 3. The van der Waals surface area contributed by atoms with Gasteiger partial charge >= 0.3 is 0 Å². The third kappa shape index (κ3) is 2.58. The average Bonchev–Trinajstić information content (AvgIpc) is 2.62. The van der Waals surface area contributed by atoms with Crippen LogP contribution in [-0.2, 0) is 23.5 Å². The van der Waals surface area contributed by atoms with E-state index in [-0.39, 0.29) is 0 Å². The molecule has 1 aliphatic rings. The Bertz CT molecular complexity index is 320. The van der Waals surface area contributed by atoms with Crippen molar-refractivity contribution < 1.29 is 4.74 Å². The Kier molecular flexibility index (Phi) is 3.75. The molecule has 0 saturated carbocycles. The second-order valence-electron chi connectivity index (χ2n) is 3.92. The molecule has 0 radical (unpaired) electrons. The van der Waals surface area contributed by atoms with Crippen LogP contribution in [-0.4, -0.2) is 27.5 Å². The highest BCUT2D eigenvalue weighted by Crippen LogP contribution is 2.16. The Balaban J connectivity index is 2.00. The molecule has 1 saturated heterocycles. The first kappa shape index (κ1) is 11.1. The van der Waals surface area contributed by atoms with Crippen LogP contribution >= 0.6 is 15.9 Å². The van der Waals surface area contributed by atoms with Gasteiger partial charge in [-0.05, 0) is 19.3 Å². The number of halogens is 1. The van der Waals surface area contributed by atoms with Gasteiger partial charge in [-0.25, -0.2) is 0 Å². The second kappa shape index (κ2) is 5.07. The van der Waals surface area contributed by atoms with E-state index in [0.29, 0.717) is 6.10 Å². The molecule has 15 heavy (non-hydrogen) atoms. The first-order valence-electron chi connectivity index (χ1n) is 5.36. The maximum atomic E-state index is 5.69. The molecular formula is C10H16BrN3O. The Hall–Kier alpha value is -0.420. The van der Waals surface area contributed by atoms with E-state index in [1.807, 2.05) is 11.6 Å². The van der Waals surface area contributed by atoms with Gasteiger partial charge in [-0.3, -0.25) is 0 Å². The normalized spacial score (nSPS) is 21.9. The van der Waals surface area contributed by atoms with Crippen molar-refractivity contribution >= 4 is 15.9 Å². The van der Waals surface area contributed by atoms with Gasteiger partial charge in [0.2, 0.25) is 0 Å². The zero-order chi connectivity index (χ0) is 10.7. The third-order valence-electron chi connectivity index (χ3n) is 2.86. The largest absolute Gasteiger partial charge is 0.378 e. The maximum absolute atomic E-state index is 5.69. The van der Waals surface area contributed by atoms with Crippen LogP contribution in [0.5, 0.6) is 0 Å². The van der Waals surface area contributed by atoms with E-state index in [0.717, 1.165) is 36.4 Å².